The van der Waals surface area contributed by atoms with E-state index in [2.05, 4.69) is 45.9 Å². The Kier molecular flexibility index (Phi) is 5.91. The molecular weight excluding hydrogens is 394 g/mol. The molecule has 0 saturated carbocycles. The molecule has 0 amide bonds. The van der Waals surface area contributed by atoms with Crippen LogP contribution < -0.4 is 16.4 Å². The fourth-order valence-corrected chi connectivity index (χ4v) is 3.85. The van der Waals surface area contributed by atoms with Gasteiger partial charge in [-0.25, -0.2) is 0 Å². The summed E-state index contributed by atoms with van der Waals surface area (Å²) < 4.78 is 0. The van der Waals surface area contributed by atoms with Crippen molar-refractivity contribution in [3.05, 3.63) is 101 Å². The molecule has 30 heavy (non-hydrogen) atoms. The van der Waals surface area contributed by atoms with Crippen LogP contribution in [0, 0.1) is 5.41 Å². The van der Waals surface area contributed by atoms with Crippen LogP contribution in [-0.2, 0) is 13.0 Å². The molecule has 4 rings (SSSR count). The highest BCUT2D eigenvalue weighted by molar-refractivity contribution is 6.31. The Hall–Kier alpha value is -3.44. The lowest BCUT2D eigenvalue weighted by Gasteiger charge is -2.18. The number of hydrogen-bond donors (Lipinski definition) is 5. The van der Waals surface area contributed by atoms with E-state index in [1.165, 1.54) is 5.56 Å². The van der Waals surface area contributed by atoms with Crippen molar-refractivity contribution < 1.29 is 0 Å². The van der Waals surface area contributed by atoms with Gasteiger partial charge in [-0.1, -0.05) is 72.3 Å². The Morgan fingerprint density at radius 3 is 2.30 bits per heavy atom. The summed E-state index contributed by atoms with van der Waals surface area (Å²) in [5.41, 5.74) is 10.9. The molecule has 1 aromatic heterocycles. The lowest BCUT2D eigenvalue weighted by Crippen LogP contribution is -2.35. The predicted octanol–water partition coefficient (Wildman–Crippen LogP) is 5.20. The van der Waals surface area contributed by atoms with E-state index < -0.39 is 0 Å². The van der Waals surface area contributed by atoms with E-state index >= 15 is 0 Å². The fraction of sp³-hybridized carbons (Fsp3) is 0.125. The first-order valence-corrected chi connectivity index (χ1v) is 10.2. The molecule has 0 bridgehead atoms. The van der Waals surface area contributed by atoms with Gasteiger partial charge in [-0.05, 0) is 35.7 Å². The smallest absolute Gasteiger partial charge is 0.186 e. The highest BCUT2D eigenvalue weighted by Gasteiger charge is 2.17. The number of hydrogen-bond acceptors (Lipinski definition) is 2. The standard InChI is InChI=1S/C24H24ClN5/c25-19-12-18-13-21(20(30-24(26)27)11-16-7-3-1-4-8-16)29-23(18)22(14-19)28-15-17-9-5-2-6-10-17/h1-10,12-14,20,28-29H,11,15H2,(H4,26,27,30). The topological polar surface area (TPSA) is 89.7 Å². The predicted molar refractivity (Wildman–Crippen MR) is 125 cm³/mol. The van der Waals surface area contributed by atoms with Crippen molar-refractivity contribution in [2.45, 2.75) is 19.0 Å². The van der Waals surface area contributed by atoms with Gasteiger partial charge in [0.05, 0.1) is 17.2 Å². The number of fused-ring (bicyclic) bond motifs is 1. The third kappa shape index (κ3) is 4.75. The first-order valence-electron chi connectivity index (χ1n) is 9.83. The number of aromatic nitrogens is 1. The molecule has 3 aromatic carbocycles. The van der Waals surface area contributed by atoms with Gasteiger partial charge in [-0.3, -0.25) is 5.41 Å². The van der Waals surface area contributed by atoms with E-state index in [0.29, 0.717) is 18.0 Å². The first kappa shape index (κ1) is 19.9. The summed E-state index contributed by atoms with van der Waals surface area (Å²) in [4.78, 5) is 3.52. The molecule has 1 atom stereocenters. The number of rotatable bonds is 7. The van der Waals surface area contributed by atoms with Gasteiger partial charge in [0, 0.05) is 22.6 Å². The Balaban J connectivity index is 1.65. The maximum atomic E-state index is 7.73. The molecule has 152 valence electrons. The summed E-state index contributed by atoms with van der Waals surface area (Å²) in [6, 6.07) is 26.2. The lowest BCUT2D eigenvalue weighted by atomic mass is 10.0. The zero-order valence-corrected chi connectivity index (χ0v) is 17.2. The van der Waals surface area contributed by atoms with Crippen molar-refractivity contribution in [2.75, 3.05) is 5.32 Å². The van der Waals surface area contributed by atoms with E-state index in [1.54, 1.807) is 0 Å². The molecule has 0 fully saturated rings. The number of benzene rings is 3. The number of H-pyrrole nitrogens is 1. The molecule has 5 nitrogen and oxygen atoms in total. The van der Waals surface area contributed by atoms with E-state index in [1.807, 2.05) is 48.5 Å². The summed E-state index contributed by atoms with van der Waals surface area (Å²) >= 11 is 6.38. The molecule has 0 saturated heterocycles. The Bertz CT molecular complexity index is 1140. The summed E-state index contributed by atoms with van der Waals surface area (Å²) in [6.07, 6.45) is 0.702. The molecule has 1 unspecified atom stereocenters. The highest BCUT2D eigenvalue weighted by Crippen LogP contribution is 2.31. The van der Waals surface area contributed by atoms with Crippen LogP contribution in [0.1, 0.15) is 22.9 Å². The molecule has 0 aliphatic heterocycles. The van der Waals surface area contributed by atoms with E-state index in [9.17, 15) is 0 Å². The van der Waals surface area contributed by atoms with Gasteiger partial charge in [0.25, 0.3) is 0 Å². The SMILES string of the molecule is N=C(N)NC(Cc1ccccc1)c1cc2cc(Cl)cc(NCc3ccccc3)c2[nH]1. The first-order chi connectivity index (χ1) is 14.6. The minimum atomic E-state index is -0.155. The summed E-state index contributed by atoms with van der Waals surface area (Å²) in [6.45, 7) is 0.698. The maximum Gasteiger partial charge on any atom is 0.186 e. The van der Waals surface area contributed by atoms with Crippen LogP contribution in [0.15, 0.2) is 78.9 Å². The zero-order chi connectivity index (χ0) is 20.9. The molecule has 6 heteroatoms. The van der Waals surface area contributed by atoms with Gasteiger partial charge in [-0.15, -0.1) is 0 Å². The average Bonchev–Trinajstić information content (AvgIpc) is 3.17. The van der Waals surface area contributed by atoms with Crippen molar-refractivity contribution in [1.29, 1.82) is 5.41 Å². The minimum absolute atomic E-state index is 0.0601. The van der Waals surface area contributed by atoms with Gasteiger partial charge < -0.3 is 21.4 Å². The summed E-state index contributed by atoms with van der Waals surface area (Å²) in [5.74, 6) is -0.0601. The van der Waals surface area contributed by atoms with Crippen LogP contribution in [0.3, 0.4) is 0 Å². The van der Waals surface area contributed by atoms with Crippen LogP contribution in [-0.4, -0.2) is 10.9 Å². The van der Waals surface area contributed by atoms with Crippen LogP contribution in [0.4, 0.5) is 5.69 Å². The highest BCUT2D eigenvalue weighted by atomic mass is 35.5. The molecule has 0 aliphatic rings. The van der Waals surface area contributed by atoms with Crippen molar-refractivity contribution in [3.63, 3.8) is 0 Å². The van der Waals surface area contributed by atoms with Crippen LogP contribution >= 0.6 is 11.6 Å². The second-order valence-electron chi connectivity index (χ2n) is 7.28. The second-order valence-corrected chi connectivity index (χ2v) is 7.72. The third-order valence-electron chi connectivity index (χ3n) is 5.03. The van der Waals surface area contributed by atoms with Gasteiger partial charge in [0.1, 0.15) is 0 Å². The van der Waals surface area contributed by atoms with E-state index in [0.717, 1.165) is 27.8 Å². The van der Waals surface area contributed by atoms with Crippen molar-refractivity contribution in [1.82, 2.24) is 10.3 Å². The lowest BCUT2D eigenvalue weighted by molar-refractivity contribution is 0.624. The molecule has 0 radical (unpaired) electrons. The number of nitrogens with two attached hydrogens (primary N) is 1. The normalized spacial score (nSPS) is 11.9. The molecule has 6 N–H and O–H groups in total. The second kappa shape index (κ2) is 8.93. The molecule has 1 heterocycles. The maximum absolute atomic E-state index is 7.73. The van der Waals surface area contributed by atoms with Crippen LogP contribution in [0.25, 0.3) is 10.9 Å². The van der Waals surface area contributed by atoms with Gasteiger partial charge >= 0.3 is 0 Å². The van der Waals surface area contributed by atoms with Crippen LogP contribution in [0.2, 0.25) is 5.02 Å². The van der Waals surface area contributed by atoms with Crippen molar-refractivity contribution in [3.8, 4) is 0 Å². The average molecular weight is 418 g/mol. The van der Waals surface area contributed by atoms with E-state index in [-0.39, 0.29) is 12.0 Å². The number of guanidine groups is 1. The number of aromatic amines is 1. The van der Waals surface area contributed by atoms with Gasteiger partial charge in [0.15, 0.2) is 5.96 Å². The Morgan fingerprint density at radius 1 is 0.967 bits per heavy atom. The molecule has 0 aliphatic carbocycles. The largest absolute Gasteiger partial charge is 0.379 e. The third-order valence-corrected chi connectivity index (χ3v) is 5.25. The van der Waals surface area contributed by atoms with Crippen molar-refractivity contribution >= 4 is 34.2 Å². The summed E-state index contributed by atoms with van der Waals surface area (Å²) in [5, 5.41) is 16.0. The Morgan fingerprint density at radius 2 is 1.63 bits per heavy atom. The minimum Gasteiger partial charge on any atom is -0.379 e. The fourth-order valence-electron chi connectivity index (χ4n) is 3.63. The molecule has 0 spiro atoms. The van der Waals surface area contributed by atoms with Crippen LogP contribution in [0.5, 0.6) is 0 Å². The van der Waals surface area contributed by atoms with Gasteiger partial charge in [0.2, 0.25) is 0 Å². The van der Waals surface area contributed by atoms with Crippen molar-refractivity contribution in [2.24, 2.45) is 5.73 Å². The zero-order valence-electron chi connectivity index (χ0n) is 16.5. The number of anilines is 1. The Labute approximate surface area is 180 Å². The molecule has 4 aromatic rings. The monoisotopic (exact) mass is 417 g/mol. The van der Waals surface area contributed by atoms with E-state index in [4.69, 9.17) is 22.7 Å². The number of halogens is 1. The number of nitrogens with one attached hydrogen (secondary N) is 4. The molecular formula is C24H24ClN5. The quantitative estimate of drug-likeness (QED) is 0.211. The van der Waals surface area contributed by atoms with Gasteiger partial charge in [-0.2, -0.15) is 0 Å². The summed E-state index contributed by atoms with van der Waals surface area (Å²) in [7, 11) is 0.